The third-order valence-corrected chi connectivity index (χ3v) is 3.96. The summed E-state index contributed by atoms with van der Waals surface area (Å²) in [6.45, 7) is 8.93. The second-order valence-corrected chi connectivity index (χ2v) is 5.01. The standard InChI is InChI=1S/C12H24N2/c1-2-11-4-7-14(10-11)8-5-12-3-6-13-9-12/h11-13H,2-10H2,1H3. The Morgan fingerprint density at radius 3 is 2.86 bits per heavy atom. The molecule has 0 aromatic heterocycles. The number of hydrogen-bond donors (Lipinski definition) is 1. The highest BCUT2D eigenvalue weighted by atomic mass is 15.1. The van der Waals surface area contributed by atoms with Gasteiger partial charge in [-0.05, 0) is 57.3 Å². The zero-order valence-electron chi connectivity index (χ0n) is 9.47. The van der Waals surface area contributed by atoms with E-state index in [0.717, 1.165) is 11.8 Å². The molecular formula is C12H24N2. The Morgan fingerprint density at radius 2 is 2.21 bits per heavy atom. The molecule has 2 aliphatic rings. The molecule has 0 bridgehead atoms. The van der Waals surface area contributed by atoms with Gasteiger partial charge in [-0.1, -0.05) is 13.3 Å². The largest absolute Gasteiger partial charge is 0.316 e. The fourth-order valence-electron chi connectivity index (χ4n) is 2.78. The van der Waals surface area contributed by atoms with Crippen LogP contribution in [-0.4, -0.2) is 37.6 Å². The van der Waals surface area contributed by atoms with E-state index in [4.69, 9.17) is 0 Å². The average molecular weight is 196 g/mol. The maximum atomic E-state index is 3.45. The number of nitrogens with zero attached hydrogens (tertiary/aromatic N) is 1. The molecule has 0 aliphatic carbocycles. The first-order chi connectivity index (χ1) is 6.88. The lowest BCUT2D eigenvalue weighted by Gasteiger charge is -2.17. The maximum Gasteiger partial charge on any atom is 0.00100 e. The molecule has 0 spiro atoms. The molecule has 2 saturated heterocycles. The molecule has 2 unspecified atom stereocenters. The molecule has 0 amide bonds. The van der Waals surface area contributed by atoms with E-state index in [1.807, 2.05) is 0 Å². The molecule has 0 radical (unpaired) electrons. The van der Waals surface area contributed by atoms with Crippen molar-refractivity contribution in [2.45, 2.75) is 32.6 Å². The molecule has 82 valence electrons. The topological polar surface area (TPSA) is 15.3 Å². The van der Waals surface area contributed by atoms with Crippen LogP contribution >= 0.6 is 0 Å². The second kappa shape index (κ2) is 5.13. The summed E-state index contributed by atoms with van der Waals surface area (Å²) in [6.07, 6.45) is 5.65. The predicted molar refractivity (Wildman–Crippen MR) is 60.4 cm³/mol. The van der Waals surface area contributed by atoms with Crippen LogP contribution in [0, 0.1) is 11.8 Å². The molecule has 14 heavy (non-hydrogen) atoms. The van der Waals surface area contributed by atoms with Gasteiger partial charge < -0.3 is 10.2 Å². The van der Waals surface area contributed by atoms with Crippen LogP contribution in [0.25, 0.3) is 0 Å². The SMILES string of the molecule is CCC1CCN(CCC2CCNC2)C1. The van der Waals surface area contributed by atoms with Crippen LogP contribution in [0.1, 0.15) is 32.6 Å². The lowest BCUT2D eigenvalue weighted by Crippen LogP contribution is -2.24. The van der Waals surface area contributed by atoms with Gasteiger partial charge in [0, 0.05) is 6.54 Å². The van der Waals surface area contributed by atoms with Gasteiger partial charge in [0.25, 0.3) is 0 Å². The predicted octanol–water partition coefficient (Wildman–Crippen LogP) is 1.72. The fraction of sp³-hybridized carbons (Fsp3) is 1.00. The third-order valence-electron chi connectivity index (χ3n) is 3.96. The lowest BCUT2D eigenvalue weighted by molar-refractivity contribution is 0.295. The van der Waals surface area contributed by atoms with E-state index < -0.39 is 0 Å². The number of rotatable bonds is 4. The number of hydrogen-bond acceptors (Lipinski definition) is 2. The molecule has 2 rings (SSSR count). The minimum Gasteiger partial charge on any atom is -0.316 e. The molecule has 2 heteroatoms. The van der Waals surface area contributed by atoms with Crippen molar-refractivity contribution in [1.29, 1.82) is 0 Å². The van der Waals surface area contributed by atoms with Crippen LogP contribution in [0.3, 0.4) is 0 Å². The summed E-state index contributed by atoms with van der Waals surface area (Å²) in [7, 11) is 0. The first-order valence-electron chi connectivity index (χ1n) is 6.31. The van der Waals surface area contributed by atoms with Crippen molar-refractivity contribution in [3.8, 4) is 0 Å². The maximum absolute atomic E-state index is 3.45. The van der Waals surface area contributed by atoms with E-state index in [2.05, 4.69) is 17.1 Å². The first kappa shape index (κ1) is 10.4. The third kappa shape index (κ3) is 2.71. The van der Waals surface area contributed by atoms with Gasteiger partial charge in [0.1, 0.15) is 0 Å². The van der Waals surface area contributed by atoms with Gasteiger partial charge in [0.05, 0.1) is 0 Å². The van der Waals surface area contributed by atoms with Crippen LogP contribution < -0.4 is 5.32 Å². The number of nitrogens with one attached hydrogen (secondary N) is 1. The Labute approximate surface area is 88.1 Å². The van der Waals surface area contributed by atoms with E-state index in [9.17, 15) is 0 Å². The van der Waals surface area contributed by atoms with E-state index in [0.29, 0.717) is 0 Å². The Balaban J connectivity index is 1.61. The van der Waals surface area contributed by atoms with Gasteiger partial charge >= 0.3 is 0 Å². The van der Waals surface area contributed by atoms with E-state index in [-0.39, 0.29) is 0 Å². The quantitative estimate of drug-likeness (QED) is 0.736. The summed E-state index contributed by atoms with van der Waals surface area (Å²) in [5.41, 5.74) is 0. The average Bonchev–Trinajstić information content (AvgIpc) is 2.86. The minimum atomic E-state index is 0.968. The van der Waals surface area contributed by atoms with Crippen LogP contribution in [0.2, 0.25) is 0 Å². The first-order valence-corrected chi connectivity index (χ1v) is 6.31. The lowest BCUT2D eigenvalue weighted by atomic mass is 10.0. The van der Waals surface area contributed by atoms with Crippen LogP contribution in [-0.2, 0) is 0 Å². The molecule has 2 aliphatic heterocycles. The molecule has 0 aromatic rings. The van der Waals surface area contributed by atoms with Gasteiger partial charge in [-0.3, -0.25) is 0 Å². The van der Waals surface area contributed by atoms with Gasteiger partial charge in [-0.2, -0.15) is 0 Å². The van der Waals surface area contributed by atoms with Crippen molar-refractivity contribution in [2.24, 2.45) is 11.8 Å². The summed E-state index contributed by atoms with van der Waals surface area (Å²) < 4.78 is 0. The summed E-state index contributed by atoms with van der Waals surface area (Å²) >= 11 is 0. The van der Waals surface area contributed by atoms with Crippen molar-refractivity contribution < 1.29 is 0 Å². The Kier molecular flexibility index (Phi) is 3.82. The fourth-order valence-corrected chi connectivity index (χ4v) is 2.78. The monoisotopic (exact) mass is 196 g/mol. The van der Waals surface area contributed by atoms with Crippen molar-refractivity contribution in [3.63, 3.8) is 0 Å². The van der Waals surface area contributed by atoms with E-state index >= 15 is 0 Å². The molecule has 1 N–H and O–H groups in total. The van der Waals surface area contributed by atoms with E-state index in [1.165, 1.54) is 58.4 Å². The molecule has 2 nitrogen and oxygen atoms in total. The van der Waals surface area contributed by atoms with Gasteiger partial charge in [0.15, 0.2) is 0 Å². The molecule has 2 fully saturated rings. The molecule has 0 saturated carbocycles. The molecule has 2 atom stereocenters. The van der Waals surface area contributed by atoms with Gasteiger partial charge in [-0.15, -0.1) is 0 Å². The highest BCUT2D eigenvalue weighted by Gasteiger charge is 2.22. The van der Waals surface area contributed by atoms with Gasteiger partial charge in [-0.25, -0.2) is 0 Å². The second-order valence-electron chi connectivity index (χ2n) is 5.01. The summed E-state index contributed by atoms with van der Waals surface area (Å²) in [6, 6.07) is 0. The van der Waals surface area contributed by atoms with Crippen LogP contribution in [0.5, 0.6) is 0 Å². The zero-order valence-corrected chi connectivity index (χ0v) is 9.47. The summed E-state index contributed by atoms with van der Waals surface area (Å²) in [4.78, 5) is 2.67. The highest BCUT2D eigenvalue weighted by molar-refractivity contribution is 4.77. The van der Waals surface area contributed by atoms with Crippen molar-refractivity contribution in [3.05, 3.63) is 0 Å². The Hall–Kier alpha value is -0.0800. The molecule has 2 heterocycles. The van der Waals surface area contributed by atoms with Crippen LogP contribution in [0.4, 0.5) is 0 Å². The smallest absolute Gasteiger partial charge is 0.00100 e. The van der Waals surface area contributed by atoms with Crippen molar-refractivity contribution in [2.75, 3.05) is 32.7 Å². The minimum absolute atomic E-state index is 0.968. The molecular weight excluding hydrogens is 172 g/mol. The number of likely N-dealkylation sites (tertiary alicyclic amines) is 1. The summed E-state index contributed by atoms with van der Waals surface area (Å²) in [5.74, 6) is 1.97. The zero-order chi connectivity index (χ0) is 9.80. The van der Waals surface area contributed by atoms with Crippen molar-refractivity contribution >= 4 is 0 Å². The Bertz CT molecular complexity index is 164. The van der Waals surface area contributed by atoms with Crippen molar-refractivity contribution in [1.82, 2.24) is 10.2 Å². The summed E-state index contributed by atoms with van der Waals surface area (Å²) in [5, 5.41) is 3.45. The van der Waals surface area contributed by atoms with Gasteiger partial charge in [0.2, 0.25) is 0 Å². The Morgan fingerprint density at radius 1 is 1.29 bits per heavy atom. The normalized spacial score (nSPS) is 34.1. The highest BCUT2D eigenvalue weighted by Crippen LogP contribution is 2.20. The van der Waals surface area contributed by atoms with E-state index in [1.54, 1.807) is 0 Å². The molecule has 0 aromatic carbocycles. The van der Waals surface area contributed by atoms with Crippen LogP contribution in [0.15, 0.2) is 0 Å².